The molecule has 0 saturated heterocycles. The highest BCUT2D eigenvalue weighted by Crippen LogP contribution is 2.19. The van der Waals surface area contributed by atoms with Crippen LogP contribution in [0.3, 0.4) is 0 Å². The summed E-state index contributed by atoms with van der Waals surface area (Å²) in [6.07, 6.45) is 3.38. The monoisotopic (exact) mass is 464 g/mol. The number of aryl methyl sites for hydroxylation is 2. The van der Waals surface area contributed by atoms with Crippen LogP contribution >= 0.6 is 22.6 Å². The molecule has 3 rings (SSSR count). The molecule has 134 valence electrons. The lowest BCUT2D eigenvalue weighted by atomic mass is 10.3. The van der Waals surface area contributed by atoms with Crippen LogP contribution in [0.1, 0.15) is 27.9 Å². The third-order valence-electron chi connectivity index (χ3n) is 3.58. The Hall–Kier alpha value is -2.69. The molecule has 0 saturated carbocycles. The molecule has 2 N–H and O–H groups in total. The first-order valence-electron chi connectivity index (χ1n) is 7.92. The summed E-state index contributed by atoms with van der Waals surface area (Å²) < 4.78 is 3.88. The average molecular weight is 464 g/mol. The van der Waals surface area contributed by atoms with Crippen molar-refractivity contribution in [3.05, 3.63) is 57.7 Å². The van der Waals surface area contributed by atoms with Gasteiger partial charge in [-0.05, 0) is 41.6 Å². The summed E-state index contributed by atoms with van der Waals surface area (Å²) in [5.41, 5.74) is 1.44. The molecule has 26 heavy (non-hydrogen) atoms. The van der Waals surface area contributed by atoms with E-state index in [4.69, 9.17) is 0 Å². The van der Waals surface area contributed by atoms with E-state index in [-0.39, 0.29) is 11.6 Å². The Morgan fingerprint density at radius 2 is 1.73 bits per heavy atom. The van der Waals surface area contributed by atoms with E-state index in [9.17, 15) is 9.59 Å². The third-order valence-corrected chi connectivity index (χ3v) is 4.37. The zero-order chi connectivity index (χ0) is 18.7. The SMILES string of the molecule is CCn1cc(NC(=O)c2nn(C)cc2I)c(C(=O)Nc2ccccc2)n1. The number of carbonyl (C=O) groups excluding carboxylic acids is 2. The second-order valence-electron chi connectivity index (χ2n) is 5.52. The van der Waals surface area contributed by atoms with Crippen molar-refractivity contribution in [3.63, 3.8) is 0 Å². The van der Waals surface area contributed by atoms with Crippen LogP contribution in [0.15, 0.2) is 42.7 Å². The van der Waals surface area contributed by atoms with Gasteiger partial charge in [-0.15, -0.1) is 0 Å². The van der Waals surface area contributed by atoms with E-state index in [1.54, 1.807) is 40.9 Å². The average Bonchev–Trinajstić information content (AvgIpc) is 3.18. The van der Waals surface area contributed by atoms with E-state index in [2.05, 4.69) is 20.8 Å². The third kappa shape index (κ3) is 3.93. The predicted molar refractivity (Wildman–Crippen MR) is 106 cm³/mol. The molecular weight excluding hydrogens is 447 g/mol. The van der Waals surface area contributed by atoms with Crippen LogP contribution in [0.4, 0.5) is 11.4 Å². The maximum Gasteiger partial charge on any atom is 0.278 e. The van der Waals surface area contributed by atoms with E-state index in [1.165, 1.54) is 0 Å². The molecule has 8 nitrogen and oxygen atoms in total. The number of anilines is 2. The number of carbonyl (C=O) groups is 2. The molecule has 0 fully saturated rings. The van der Waals surface area contributed by atoms with Crippen molar-refractivity contribution >= 4 is 45.8 Å². The van der Waals surface area contributed by atoms with E-state index in [0.717, 1.165) is 3.57 Å². The Bertz CT molecular complexity index is 948. The Morgan fingerprint density at radius 1 is 1.04 bits per heavy atom. The summed E-state index contributed by atoms with van der Waals surface area (Å²) in [7, 11) is 1.74. The molecule has 0 radical (unpaired) electrons. The number of amides is 2. The number of halogens is 1. The first-order chi connectivity index (χ1) is 12.5. The van der Waals surface area contributed by atoms with Gasteiger partial charge in [0, 0.05) is 31.7 Å². The second-order valence-corrected chi connectivity index (χ2v) is 6.68. The van der Waals surface area contributed by atoms with E-state index < -0.39 is 5.91 Å². The Morgan fingerprint density at radius 3 is 2.35 bits per heavy atom. The molecule has 0 aliphatic carbocycles. The fourth-order valence-electron chi connectivity index (χ4n) is 2.35. The predicted octanol–water partition coefficient (Wildman–Crippen LogP) is 2.75. The molecule has 2 heterocycles. The van der Waals surface area contributed by atoms with Gasteiger partial charge in [-0.1, -0.05) is 18.2 Å². The summed E-state index contributed by atoms with van der Waals surface area (Å²) in [6, 6.07) is 9.08. The fourth-order valence-corrected chi connectivity index (χ4v) is 3.11. The van der Waals surface area contributed by atoms with Crippen molar-refractivity contribution in [1.29, 1.82) is 0 Å². The van der Waals surface area contributed by atoms with E-state index in [0.29, 0.717) is 23.6 Å². The largest absolute Gasteiger partial charge is 0.321 e. The summed E-state index contributed by atoms with van der Waals surface area (Å²) in [6.45, 7) is 2.47. The number of para-hydroxylation sites is 1. The molecule has 0 aliphatic heterocycles. The van der Waals surface area contributed by atoms with Crippen LogP contribution in [-0.2, 0) is 13.6 Å². The van der Waals surface area contributed by atoms with E-state index >= 15 is 0 Å². The van der Waals surface area contributed by atoms with Gasteiger partial charge in [-0.2, -0.15) is 10.2 Å². The summed E-state index contributed by atoms with van der Waals surface area (Å²) in [4.78, 5) is 25.1. The summed E-state index contributed by atoms with van der Waals surface area (Å²) >= 11 is 2.04. The van der Waals surface area contributed by atoms with Crippen LogP contribution < -0.4 is 10.6 Å². The molecule has 0 spiro atoms. The first-order valence-corrected chi connectivity index (χ1v) is 9.00. The molecule has 9 heteroatoms. The lowest BCUT2D eigenvalue weighted by Gasteiger charge is -2.06. The van der Waals surface area contributed by atoms with Crippen LogP contribution in [0.2, 0.25) is 0 Å². The Labute approximate surface area is 163 Å². The fraction of sp³-hybridized carbons (Fsp3) is 0.176. The van der Waals surface area contributed by atoms with Crippen LogP contribution in [-0.4, -0.2) is 31.4 Å². The van der Waals surface area contributed by atoms with Crippen LogP contribution in [0.5, 0.6) is 0 Å². The highest BCUT2D eigenvalue weighted by molar-refractivity contribution is 14.1. The maximum atomic E-state index is 12.6. The minimum atomic E-state index is -0.394. The quantitative estimate of drug-likeness (QED) is 0.568. The van der Waals surface area contributed by atoms with Gasteiger partial charge in [0.25, 0.3) is 11.8 Å². The lowest BCUT2D eigenvalue weighted by molar-refractivity contribution is 0.102. The van der Waals surface area contributed by atoms with Crippen LogP contribution in [0, 0.1) is 3.57 Å². The number of hydrogen-bond acceptors (Lipinski definition) is 4. The van der Waals surface area contributed by atoms with Crippen molar-refractivity contribution in [2.24, 2.45) is 7.05 Å². The molecule has 0 unspecified atom stereocenters. The second kappa shape index (κ2) is 7.68. The topological polar surface area (TPSA) is 93.8 Å². The Balaban J connectivity index is 1.85. The summed E-state index contributed by atoms with van der Waals surface area (Å²) in [5.74, 6) is -0.783. The molecule has 0 bridgehead atoms. The van der Waals surface area contributed by atoms with Gasteiger partial charge < -0.3 is 10.6 Å². The highest BCUT2D eigenvalue weighted by atomic mass is 127. The zero-order valence-corrected chi connectivity index (χ0v) is 16.4. The summed E-state index contributed by atoms with van der Waals surface area (Å²) in [5, 5.41) is 13.9. The number of nitrogens with zero attached hydrogens (tertiary/aromatic N) is 4. The maximum absolute atomic E-state index is 12.6. The molecule has 2 aromatic heterocycles. The van der Waals surface area contributed by atoms with Crippen LogP contribution in [0.25, 0.3) is 0 Å². The molecule has 2 amide bonds. The molecule has 3 aromatic rings. The normalized spacial score (nSPS) is 10.6. The van der Waals surface area contributed by atoms with Gasteiger partial charge in [-0.3, -0.25) is 19.0 Å². The Kier molecular flexibility index (Phi) is 5.35. The van der Waals surface area contributed by atoms with Gasteiger partial charge in [0.05, 0.1) is 9.26 Å². The van der Waals surface area contributed by atoms with Gasteiger partial charge in [0.2, 0.25) is 0 Å². The van der Waals surface area contributed by atoms with Crippen molar-refractivity contribution in [3.8, 4) is 0 Å². The van der Waals surface area contributed by atoms with Gasteiger partial charge >= 0.3 is 0 Å². The van der Waals surface area contributed by atoms with Crippen molar-refractivity contribution in [2.75, 3.05) is 10.6 Å². The molecule has 0 aliphatic rings. The van der Waals surface area contributed by atoms with Crippen molar-refractivity contribution in [2.45, 2.75) is 13.5 Å². The van der Waals surface area contributed by atoms with Crippen molar-refractivity contribution in [1.82, 2.24) is 19.6 Å². The smallest absolute Gasteiger partial charge is 0.278 e. The minimum Gasteiger partial charge on any atom is -0.321 e. The highest BCUT2D eigenvalue weighted by Gasteiger charge is 2.21. The first kappa shape index (κ1) is 18.1. The molecule has 1 aromatic carbocycles. The number of hydrogen-bond donors (Lipinski definition) is 2. The number of benzene rings is 1. The zero-order valence-electron chi connectivity index (χ0n) is 14.2. The number of nitrogens with one attached hydrogen (secondary N) is 2. The van der Waals surface area contributed by atoms with Gasteiger partial charge in [0.15, 0.2) is 11.4 Å². The lowest BCUT2D eigenvalue weighted by Crippen LogP contribution is -2.19. The van der Waals surface area contributed by atoms with Crippen molar-refractivity contribution < 1.29 is 9.59 Å². The number of rotatable bonds is 5. The number of aromatic nitrogens is 4. The minimum absolute atomic E-state index is 0.148. The molecular formula is C17H17IN6O2. The van der Waals surface area contributed by atoms with Gasteiger partial charge in [0.1, 0.15) is 0 Å². The van der Waals surface area contributed by atoms with E-state index in [1.807, 2.05) is 47.7 Å². The van der Waals surface area contributed by atoms with Gasteiger partial charge in [-0.25, -0.2) is 0 Å². The molecule has 0 atom stereocenters. The standard InChI is InChI=1S/C17H17IN6O2/c1-3-24-10-13(20-16(25)14-12(18)9-23(2)21-14)15(22-24)17(26)19-11-7-5-4-6-8-11/h4-10H,3H2,1-2H3,(H,19,26)(H,20,25).